The van der Waals surface area contributed by atoms with Gasteiger partial charge in [-0.25, -0.2) is 13.4 Å². The number of aryl methyl sites for hydroxylation is 4. The maximum atomic E-state index is 12.5. The standard InChI is InChI=1S/C41H40N4O6S.C2H6/c1-21-17-23(3)40(25(5)38(21)42-27(7)46)44-29-13-15-31-34(19-29)51-35-20-30(45-41-24(4)18-22(2)39(26(41)6)43-28(8)47)14-16-32(35)37(31)33-11-9-10-12-36(33)52(48,49)50;1-2/h9-20,44H,1-8H3,(H,42,46)(H,43,47)(H,48,49,50);1-2H3. The number of carbonyl (C=O) groups is 2. The molecule has 10 nitrogen and oxygen atoms in total. The SMILES string of the molecule is CC.CC(=O)Nc1c(C)cc(C)c(Nc2ccc3c(-c4ccccc4S(=O)(=O)[O-])c4ccc(=[NH+]c5c(C)cc(C)c(NC(C)=O)c5C)cc-4oc3c2)c1C. The third-order valence-electron chi connectivity index (χ3n) is 9.23. The van der Waals surface area contributed by atoms with Crippen LogP contribution in [0.2, 0.25) is 0 Å². The summed E-state index contributed by atoms with van der Waals surface area (Å²) in [7, 11) is -4.83. The summed E-state index contributed by atoms with van der Waals surface area (Å²) in [5, 5.41) is 10.7. The van der Waals surface area contributed by atoms with Gasteiger partial charge < -0.3 is 24.9 Å². The monoisotopic (exact) mass is 746 g/mol. The minimum atomic E-state index is -4.83. The number of rotatable bonds is 7. The van der Waals surface area contributed by atoms with Crippen molar-refractivity contribution < 1.29 is 32.0 Å². The largest absolute Gasteiger partial charge is 0.744 e. The van der Waals surface area contributed by atoms with Crippen molar-refractivity contribution in [2.45, 2.75) is 74.1 Å². The molecule has 11 heteroatoms. The molecule has 0 aromatic heterocycles. The maximum absolute atomic E-state index is 12.5. The average molecular weight is 747 g/mol. The number of fused-ring (bicyclic) bond motifs is 2. The van der Waals surface area contributed by atoms with Gasteiger partial charge in [0.1, 0.15) is 21.5 Å². The Bertz CT molecular complexity index is 2610. The van der Waals surface area contributed by atoms with Crippen LogP contribution >= 0.6 is 0 Å². The van der Waals surface area contributed by atoms with Crippen LogP contribution in [0.4, 0.5) is 28.4 Å². The zero-order valence-corrected chi connectivity index (χ0v) is 33.1. The van der Waals surface area contributed by atoms with E-state index in [0.717, 1.165) is 56.1 Å². The molecule has 2 aliphatic rings. The normalized spacial score (nSPS) is 11.6. The molecule has 4 aromatic carbocycles. The highest BCUT2D eigenvalue weighted by molar-refractivity contribution is 7.85. The molecule has 0 bridgehead atoms. The van der Waals surface area contributed by atoms with Gasteiger partial charge in [-0.2, -0.15) is 0 Å². The lowest BCUT2D eigenvalue weighted by Crippen LogP contribution is -2.71. The summed E-state index contributed by atoms with van der Waals surface area (Å²) >= 11 is 0. The molecule has 2 amide bonds. The van der Waals surface area contributed by atoms with Crippen LogP contribution in [0.5, 0.6) is 0 Å². The van der Waals surface area contributed by atoms with Crippen molar-refractivity contribution in [1.82, 2.24) is 0 Å². The fraction of sp³-hybridized carbons (Fsp3) is 0.233. The molecule has 4 aromatic rings. The molecule has 280 valence electrons. The van der Waals surface area contributed by atoms with Crippen LogP contribution in [0.15, 0.2) is 82.1 Å². The molecule has 0 saturated carbocycles. The molecule has 1 heterocycles. The molecule has 0 unspecified atom stereocenters. The van der Waals surface area contributed by atoms with Gasteiger partial charge in [-0.1, -0.05) is 38.1 Å². The molecule has 6 rings (SSSR count). The van der Waals surface area contributed by atoms with Gasteiger partial charge in [0.2, 0.25) is 22.9 Å². The number of anilines is 4. The van der Waals surface area contributed by atoms with Crippen LogP contribution in [0.1, 0.15) is 61.1 Å². The van der Waals surface area contributed by atoms with Gasteiger partial charge in [0.05, 0.1) is 16.6 Å². The average Bonchev–Trinajstić information content (AvgIpc) is 3.11. The Hall–Kier alpha value is -5.78. The van der Waals surface area contributed by atoms with Crippen LogP contribution in [-0.4, -0.2) is 24.8 Å². The van der Waals surface area contributed by atoms with Crippen molar-refractivity contribution in [2.75, 3.05) is 16.0 Å². The lowest BCUT2D eigenvalue weighted by Gasteiger charge is -2.21. The Morgan fingerprint density at radius 3 is 1.91 bits per heavy atom. The predicted molar refractivity (Wildman–Crippen MR) is 215 cm³/mol. The summed E-state index contributed by atoms with van der Waals surface area (Å²) in [6.45, 7) is 18.7. The smallest absolute Gasteiger partial charge is 0.221 e. The number of hydrogen-bond donors (Lipinski definition) is 4. The third kappa shape index (κ3) is 7.92. The first-order chi connectivity index (χ1) is 25.5. The Morgan fingerprint density at radius 2 is 1.28 bits per heavy atom. The van der Waals surface area contributed by atoms with Gasteiger partial charge >= 0.3 is 0 Å². The Kier molecular flexibility index (Phi) is 11.4. The van der Waals surface area contributed by atoms with E-state index in [2.05, 4.69) is 20.9 Å². The molecule has 0 spiro atoms. The first kappa shape index (κ1) is 39.4. The van der Waals surface area contributed by atoms with E-state index in [4.69, 9.17) is 4.42 Å². The van der Waals surface area contributed by atoms with E-state index in [-0.39, 0.29) is 22.3 Å². The second-order valence-electron chi connectivity index (χ2n) is 13.2. The summed E-state index contributed by atoms with van der Waals surface area (Å²) < 4.78 is 44.2. The summed E-state index contributed by atoms with van der Waals surface area (Å²) in [6.07, 6.45) is 0. The highest BCUT2D eigenvalue weighted by atomic mass is 32.2. The second kappa shape index (κ2) is 15.7. The van der Waals surface area contributed by atoms with Crippen molar-refractivity contribution >= 4 is 61.3 Å². The van der Waals surface area contributed by atoms with Gasteiger partial charge in [-0.05, 0) is 94.1 Å². The predicted octanol–water partition coefficient (Wildman–Crippen LogP) is 7.96. The molecule has 1 aliphatic heterocycles. The highest BCUT2D eigenvalue weighted by Crippen LogP contribution is 2.43. The summed E-state index contributed by atoms with van der Waals surface area (Å²) in [4.78, 5) is 27.1. The van der Waals surface area contributed by atoms with Crippen molar-refractivity contribution in [1.29, 1.82) is 0 Å². The van der Waals surface area contributed by atoms with Crippen LogP contribution in [0.3, 0.4) is 0 Å². The molecule has 0 atom stereocenters. The van der Waals surface area contributed by atoms with Crippen molar-refractivity contribution in [2.24, 2.45) is 0 Å². The number of hydrogen-bond acceptors (Lipinski definition) is 7. The fourth-order valence-corrected chi connectivity index (χ4v) is 7.69. The van der Waals surface area contributed by atoms with Crippen molar-refractivity contribution in [3.8, 4) is 22.5 Å². The van der Waals surface area contributed by atoms with Crippen LogP contribution in [0.25, 0.3) is 33.4 Å². The quantitative estimate of drug-likeness (QED) is 0.0955. The van der Waals surface area contributed by atoms with E-state index in [1.807, 2.05) is 104 Å². The van der Waals surface area contributed by atoms with E-state index >= 15 is 0 Å². The molecule has 0 fully saturated rings. The summed E-state index contributed by atoms with van der Waals surface area (Å²) in [5.41, 5.74) is 11.3. The van der Waals surface area contributed by atoms with E-state index < -0.39 is 10.1 Å². The molecule has 0 saturated heterocycles. The van der Waals surface area contributed by atoms with Gasteiger partial charge in [0.25, 0.3) is 0 Å². The van der Waals surface area contributed by atoms with E-state index in [1.54, 1.807) is 12.1 Å². The van der Waals surface area contributed by atoms with E-state index in [0.29, 0.717) is 38.9 Å². The molecule has 1 aliphatic carbocycles. The van der Waals surface area contributed by atoms with Gasteiger partial charge in [0.15, 0.2) is 0 Å². The summed E-state index contributed by atoms with van der Waals surface area (Å²) in [6, 6.07) is 21.2. The molecule has 54 heavy (non-hydrogen) atoms. The number of amides is 2. The van der Waals surface area contributed by atoms with Gasteiger partial charge in [-0.15, -0.1) is 0 Å². The summed E-state index contributed by atoms with van der Waals surface area (Å²) in [5.74, 6) is 0.114. The minimum absolute atomic E-state index is 0.167. The molecule has 0 radical (unpaired) electrons. The first-order valence-electron chi connectivity index (χ1n) is 17.7. The maximum Gasteiger partial charge on any atom is 0.221 e. The van der Waals surface area contributed by atoms with Crippen LogP contribution in [-0.2, 0) is 19.7 Å². The zero-order valence-electron chi connectivity index (χ0n) is 32.3. The Labute approximate surface area is 316 Å². The minimum Gasteiger partial charge on any atom is -0.744 e. The van der Waals surface area contributed by atoms with Gasteiger partial charge in [-0.3, -0.25) is 9.59 Å². The van der Waals surface area contributed by atoms with E-state index in [1.165, 1.54) is 26.0 Å². The van der Waals surface area contributed by atoms with Crippen LogP contribution < -0.4 is 26.3 Å². The van der Waals surface area contributed by atoms with Crippen molar-refractivity contribution in [3.63, 3.8) is 0 Å². The first-order valence-corrected chi connectivity index (χ1v) is 19.1. The molecule has 4 N–H and O–H groups in total. The fourth-order valence-electron chi connectivity index (χ4n) is 7.01. The zero-order chi connectivity index (χ0) is 39.6. The van der Waals surface area contributed by atoms with Crippen molar-refractivity contribution in [3.05, 3.63) is 112 Å². The van der Waals surface area contributed by atoms with Gasteiger partial charge in [0, 0.05) is 76.2 Å². The highest BCUT2D eigenvalue weighted by Gasteiger charge is 2.23. The Balaban J connectivity index is 0.00000276. The number of carbonyl (C=O) groups excluding carboxylic acids is 2. The third-order valence-corrected chi connectivity index (χ3v) is 10.1. The lowest BCUT2D eigenvalue weighted by molar-refractivity contribution is -0.403. The second-order valence-corrected chi connectivity index (χ2v) is 14.6. The van der Waals surface area contributed by atoms with E-state index in [9.17, 15) is 22.6 Å². The van der Waals surface area contributed by atoms with Crippen LogP contribution in [0, 0.1) is 41.5 Å². The molecular weight excluding hydrogens is 701 g/mol. The number of benzene rings is 5. The molecular formula is C43H46N4O6S. The number of nitrogens with one attached hydrogen (secondary N) is 4. The lowest BCUT2D eigenvalue weighted by atomic mass is 9.93. The topological polar surface area (TPSA) is 155 Å². The Morgan fingerprint density at radius 1 is 0.685 bits per heavy atom.